The van der Waals surface area contributed by atoms with Crippen LogP contribution in [0.3, 0.4) is 0 Å². The third-order valence-electron chi connectivity index (χ3n) is 3.42. The second kappa shape index (κ2) is 10.4. The van der Waals surface area contributed by atoms with Crippen LogP contribution in [0.25, 0.3) is 0 Å². The van der Waals surface area contributed by atoms with Gasteiger partial charge in [0.25, 0.3) is 0 Å². The van der Waals surface area contributed by atoms with Gasteiger partial charge in [-0.25, -0.2) is 0 Å². The molecule has 1 heterocycles. The molecule has 0 saturated carbocycles. The Bertz CT molecular complexity index is 629. The molecular formula is C17H22ClIN4. The van der Waals surface area contributed by atoms with Crippen molar-refractivity contribution in [2.75, 3.05) is 13.6 Å². The Labute approximate surface area is 159 Å². The van der Waals surface area contributed by atoms with E-state index in [0.29, 0.717) is 6.54 Å². The summed E-state index contributed by atoms with van der Waals surface area (Å²) < 4.78 is 0. The number of aliphatic imine (C=N–C) groups is 1. The first-order valence-corrected chi connectivity index (χ1v) is 7.65. The van der Waals surface area contributed by atoms with Gasteiger partial charge in [0.05, 0.1) is 0 Å². The van der Waals surface area contributed by atoms with Gasteiger partial charge in [0, 0.05) is 37.6 Å². The highest BCUT2D eigenvalue weighted by atomic mass is 127. The van der Waals surface area contributed by atoms with Gasteiger partial charge in [0.15, 0.2) is 5.96 Å². The summed E-state index contributed by atoms with van der Waals surface area (Å²) in [6.07, 6.45) is 4.66. The molecule has 2 rings (SSSR count). The van der Waals surface area contributed by atoms with Gasteiger partial charge in [-0.3, -0.25) is 9.98 Å². The zero-order valence-corrected chi connectivity index (χ0v) is 16.4. The maximum Gasteiger partial charge on any atom is 0.191 e. The summed E-state index contributed by atoms with van der Waals surface area (Å²) in [5.41, 5.74) is 3.68. The lowest BCUT2D eigenvalue weighted by atomic mass is 10.1. The normalized spacial score (nSPS) is 10.8. The molecule has 0 aliphatic carbocycles. The van der Waals surface area contributed by atoms with Crippen LogP contribution in [0.1, 0.15) is 16.7 Å². The second-order valence-corrected chi connectivity index (χ2v) is 5.47. The van der Waals surface area contributed by atoms with Crippen molar-refractivity contribution < 1.29 is 0 Å². The Morgan fingerprint density at radius 2 is 1.91 bits per heavy atom. The largest absolute Gasteiger partial charge is 0.356 e. The van der Waals surface area contributed by atoms with Gasteiger partial charge in [0.2, 0.25) is 0 Å². The predicted octanol–water partition coefficient (Wildman–Crippen LogP) is 3.57. The summed E-state index contributed by atoms with van der Waals surface area (Å²) in [7, 11) is 1.77. The minimum absolute atomic E-state index is 0. The molecular weight excluding hydrogens is 423 g/mol. The van der Waals surface area contributed by atoms with Gasteiger partial charge in [-0.05, 0) is 48.2 Å². The third kappa shape index (κ3) is 6.74. The molecule has 2 N–H and O–H groups in total. The van der Waals surface area contributed by atoms with E-state index in [0.717, 1.165) is 29.5 Å². The van der Waals surface area contributed by atoms with Crippen molar-refractivity contribution in [3.63, 3.8) is 0 Å². The van der Waals surface area contributed by atoms with Gasteiger partial charge in [0.1, 0.15) is 0 Å². The van der Waals surface area contributed by atoms with Crippen molar-refractivity contribution in [3.05, 3.63) is 64.4 Å². The summed E-state index contributed by atoms with van der Waals surface area (Å²) >= 11 is 5.88. The molecule has 0 radical (unpaired) electrons. The Morgan fingerprint density at radius 3 is 2.57 bits per heavy atom. The Morgan fingerprint density at radius 1 is 1.17 bits per heavy atom. The van der Waals surface area contributed by atoms with E-state index in [2.05, 4.69) is 33.6 Å². The fraction of sp³-hybridized carbons (Fsp3) is 0.294. The van der Waals surface area contributed by atoms with Crippen molar-refractivity contribution in [3.8, 4) is 0 Å². The molecule has 0 atom stereocenters. The van der Waals surface area contributed by atoms with Gasteiger partial charge in [-0.15, -0.1) is 24.0 Å². The van der Waals surface area contributed by atoms with Gasteiger partial charge in [-0.2, -0.15) is 0 Å². The van der Waals surface area contributed by atoms with Crippen molar-refractivity contribution >= 4 is 41.5 Å². The number of hydrogen-bond acceptors (Lipinski definition) is 2. The van der Waals surface area contributed by atoms with E-state index in [4.69, 9.17) is 11.6 Å². The molecule has 0 saturated heterocycles. The fourth-order valence-corrected chi connectivity index (χ4v) is 2.23. The number of aromatic nitrogens is 1. The zero-order valence-electron chi connectivity index (χ0n) is 13.3. The van der Waals surface area contributed by atoms with Crippen LogP contribution >= 0.6 is 35.6 Å². The van der Waals surface area contributed by atoms with Crippen LogP contribution < -0.4 is 10.6 Å². The SMILES string of the molecule is CN=C(NCCc1ccncc1C)NCc1ccc(Cl)cc1.I. The molecule has 0 bridgehead atoms. The zero-order chi connectivity index (χ0) is 15.8. The first-order chi connectivity index (χ1) is 10.7. The molecule has 0 spiro atoms. The minimum atomic E-state index is 0. The number of rotatable bonds is 5. The highest BCUT2D eigenvalue weighted by molar-refractivity contribution is 14.0. The van der Waals surface area contributed by atoms with E-state index in [1.165, 1.54) is 11.1 Å². The number of halogens is 2. The van der Waals surface area contributed by atoms with Crippen LogP contribution in [0.15, 0.2) is 47.7 Å². The Balaban J connectivity index is 0.00000264. The summed E-state index contributed by atoms with van der Waals surface area (Å²) in [5, 5.41) is 7.36. The summed E-state index contributed by atoms with van der Waals surface area (Å²) in [4.78, 5) is 8.34. The topological polar surface area (TPSA) is 49.3 Å². The molecule has 0 fully saturated rings. The number of hydrogen-bond donors (Lipinski definition) is 2. The van der Waals surface area contributed by atoms with Crippen molar-refractivity contribution in [1.82, 2.24) is 15.6 Å². The molecule has 4 nitrogen and oxygen atoms in total. The van der Waals surface area contributed by atoms with Gasteiger partial charge >= 0.3 is 0 Å². The van der Waals surface area contributed by atoms with E-state index in [9.17, 15) is 0 Å². The van der Waals surface area contributed by atoms with E-state index in [1.54, 1.807) is 7.05 Å². The van der Waals surface area contributed by atoms with Crippen molar-refractivity contribution in [2.24, 2.45) is 4.99 Å². The molecule has 1 aromatic heterocycles. The molecule has 0 aliphatic rings. The number of nitrogens with zero attached hydrogens (tertiary/aromatic N) is 2. The quantitative estimate of drug-likeness (QED) is 0.421. The highest BCUT2D eigenvalue weighted by Gasteiger charge is 2.00. The lowest BCUT2D eigenvalue weighted by Gasteiger charge is -2.12. The summed E-state index contributed by atoms with van der Waals surface area (Å²) in [6.45, 7) is 3.62. The number of benzene rings is 1. The lowest BCUT2D eigenvalue weighted by molar-refractivity contribution is 0.792. The standard InChI is InChI=1S/C17H21ClN4.HI/c1-13-11-20-9-7-15(13)8-10-21-17(19-2)22-12-14-3-5-16(18)6-4-14;/h3-7,9,11H,8,10,12H2,1-2H3,(H2,19,21,22);1H. The molecule has 2 aromatic rings. The predicted molar refractivity (Wildman–Crippen MR) is 108 cm³/mol. The van der Waals surface area contributed by atoms with Crippen LogP contribution in [0, 0.1) is 6.92 Å². The maximum atomic E-state index is 5.88. The Hall–Kier alpha value is -1.34. The Kier molecular flexibility index (Phi) is 8.94. The van der Waals surface area contributed by atoms with Crippen LogP contribution in [0.2, 0.25) is 5.02 Å². The average molecular weight is 445 g/mol. The van der Waals surface area contributed by atoms with E-state index in [-0.39, 0.29) is 24.0 Å². The number of pyridine rings is 1. The fourth-order valence-electron chi connectivity index (χ4n) is 2.11. The van der Waals surface area contributed by atoms with Crippen molar-refractivity contribution in [2.45, 2.75) is 19.9 Å². The summed E-state index contributed by atoms with van der Waals surface area (Å²) in [6, 6.07) is 9.84. The van der Waals surface area contributed by atoms with Crippen molar-refractivity contribution in [1.29, 1.82) is 0 Å². The second-order valence-electron chi connectivity index (χ2n) is 5.03. The first-order valence-electron chi connectivity index (χ1n) is 7.27. The molecule has 1 aromatic carbocycles. The molecule has 23 heavy (non-hydrogen) atoms. The first kappa shape index (κ1) is 19.7. The van der Waals surface area contributed by atoms with Crippen LogP contribution in [0.4, 0.5) is 0 Å². The number of nitrogens with one attached hydrogen (secondary N) is 2. The number of aryl methyl sites for hydroxylation is 1. The van der Waals surface area contributed by atoms with E-state index in [1.807, 2.05) is 36.7 Å². The smallest absolute Gasteiger partial charge is 0.191 e. The molecule has 0 aliphatic heterocycles. The van der Waals surface area contributed by atoms with Crippen LogP contribution in [-0.4, -0.2) is 24.5 Å². The average Bonchev–Trinajstić information content (AvgIpc) is 2.54. The maximum absolute atomic E-state index is 5.88. The minimum Gasteiger partial charge on any atom is -0.356 e. The molecule has 0 amide bonds. The van der Waals surface area contributed by atoms with Gasteiger partial charge < -0.3 is 10.6 Å². The van der Waals surface area contributed by atoms with Crippen LogP contribution in [0.5, 0.6) is 0 Å². The third-order valence-corrected chi connectivity index (χ3v) is 3.67. The molecule has 0 unspecified atom stereocenters. The summed E-state index contributed by atoms with van der Waals surface area (Å²) in [5.74, 6) is 0.793. The number of guanidine groups is 1. The monoisotopic (exact) mass is 444 g/mol. The van der Waals surface area contributed by atoms with Gasteiger partial charge in [-0.1, -0.05) is 23.7 Å². The molecule has 6 heteroatoms. The lowest BCUT2D eigenvalue weighted by Crippen LogP contribution is -2.37. The van der Waals surface area contributed by atoms with Crippen LogP contribution in [-0.2, 0) is 13.0 Å². The van der Waals surface area contributed by atoms with E-state index >= 15 is 0 Å². The molecule has 124 valence electrons. The highest BCUT2D eigenvalue weighted by Crippen LogP contribution is 2.09. The van der Waals surface area contributed by atoms with E-state index < -0.39 is 0 Å².